The molecule has 0 unspecified atom stereocenters. The first-order chi connectivity index (χ1) is 13.7. The van der Waals surface area contributed by atoms with Gasteiger partial charge in [-0.05, 0) is 24.1 Å². The molecule has 1 saturated heterocycles. The van der Waals surface area contributed by atoms with Crippen molar-refractivity contribution in [2.45, 2.75) is 12.5 Å². The van der Waals surface area contributed by atoms with Gasteiger partial charge in [-0.15, -0.1) is 0 Å². The summed E-state index contributed by atoms with van der Waals surface area (Å²) in [6.07, 6.45) is 4.29. The third-order valence-electron chi connectivity index (χ3n) is 5.32. The van der Waals surface area contributed by atoms with E-state index in [1.54, 1.807) is 13.3 Å². The number of H-pyrrole nitrogens is 1. The van der Waals surface area contributed by atoms with Crippen molar-refractivity contribution >= 4 is 22.5 Å². The number of ether oxygens (including phenoxy) is 1. The zero-order valence-electron chi connectivity index (χ0n) is 16.0. The lowest BCUT2D eigenvalue weighted by Crippen LogP contribution is -2.53. The van der Waals surface area contributed by atoms with Gasteiger partial charge >= 0.3 is 0 Å². The molecular weight excluding hydrogens is 354 g/mol. The van der Waals surface area contributed by atoms with Crippen LogP contribution in [0.2, 0.25) is 0 Å². The first kappa shape index (κ1) is 18.3. The molecule has 3 N–H and O–H groups in total. The Morgan fingerprint density at radius 2 is 2.00 bits per heavy atom. The Morgan fingerprint density at radius 1 is 1.21 bits per heavy atom. The number of hydrogen-bond donors (Lipinski definition) is 2. The number of para-hydroxylation sites is 1. The molecule has 1 aliphatic rings. The number of aromatic nitrogens is 2. The monoisotopic (exact) mass is 379 g/mol. The van der Waals surface area contributed by atoms with E-state index in [1.165, 1.54) is 0 Å². The number of piperazine rings is 1. The maximum absolute atomic E-state index is 12.8. The van der Waals surface area contributed by atoms with Crippen LogP contribution in [-0.4, -0.2) is 60.1 Å². The maximum Gasteiger partial charge on any atom is 0.239 e. The van der Waals surface area contributed by atoms with Gasteiger partial charge in [0.15, 0.2) is 0 Å². The van der Waals surface area contributed by atoms with Crippen LogP contribution in [0.4, 0.5) is 5.69 Å². The Morgan fingerprint density at radius 3 is 2.71 bits per heavy atom. The van der Waals surface area contributed by atoms with E-state index in [1.807, 2.05) is 41.4 Å². The van der Waals surface area contributed by atoms with E-state index in [0.717, 1.165) is 35.2 Å². The predicted octanol–water partition coefficient (Wildman–Crippen LogP) is 1.79. The fraction of sp³-hybridized carbons (Fsp3) is 0.333. The molecule has 28 heavy (non-hydrogen) atoms. The quantitative estimate of drug-likeness (QED) is 0.706. The molecule has 1 atom stereocenters. The minimum absolute atomic E-state index is 0.0118. The highest BCUT2D eigenvalue weighted by Gasteiger charge is 2.26. The highest BCUT2D eigenvalue weighted by Crippen LogP contribution is 2.20. The third-order valence-corrected chi connectivity index (χ3v) is 5.32. The number of benzene rings is 1. The Kier molecular flexibility index (Phi) is 5.16. The van der Waals surface area contributed by atoms with Crippen LogP contribution in [0.15, 0.2) is 48.8 Å². The normalized spacial score (nSPS) is 15.6. The number of nitrogens with two attached hydrogens (primary N) is 1. The van der Waals surface area contributed by atoms with Crippen molar-refractivity contribution in [1.82, 2.24) is 14.9 Å². The Hall–Kier alpha value is -3.06. The Bertz CT molecular complexity index is 945. The van der Waals surface area contributed by atoms with E-state index in [0.29, 0.717) is 25.4 Å². The van der Waals surface area contributed by atoms with Gasteiger partial charge in [0, 0.05) is 49.3 Å². The number of nitrogens with zero attached hydrogens (tertiary/aromatic N) is 3. The van der Waals surface area contributed by atoms with Crippen molar-refractivity contribution in [2.75, 3.05) is 38.2 Å². The van der Waals surface area contributed by atoms with Crippen LogP contribution in [0.5, 0.6) is 5.88 Å². The lowest BCUT2D eigenvalue weighted by atomic mass is 10.0. The van der Waals surface area contributed by atoms with Gasteiger partial charge in [0.25, 0.3) is 0 Å². The predicted molar refractivity (Wildman–Crippen MR) is 110 cm³/mol. The van der Waals surface area contributed by atoms with Gasteiger partial charge in [0.2, 0.25) is 11.8 Å². The van der Waals surface area contributed by atoms with Gasteiger partial charge in [-0.3, -0.25) is 4.79 Å². The van der Waals surface area contributed by atoms with Gasteiger partial charge in [0.1, 0.15) is 0 Å². The molecule has 1 fully saturated rings. The highest BCUT2D eigenvalue weighted by molar-refractivity contribution is 5.86. The molecule has 1 aliphatic heterocycles. The van der Waals surface area contributed by atoms with Gasteiger partial charge in [-0.25, -0.2) is 4.98 Å². The fourth-order valence-corrected chi connectivity index (χ4v) is 3.72. The van der Waals surface area contributed by atoms with Gasteiger partial charge in [-0.2, -0.15) is 0 Å². The number of carbonyl (C=O) groups is 1. The van der Waals surface area contributed by atoms with E-state index < -0.39 is 6.04 Å². The second kappa shape index (κ2) is 7.90. The number of hydrogen-bond acceptors (Lipinski definition) is 5. The average Bonchev–Trinajstić information content (AvgIpc) is 3.16. The number of anilines is 1. The minimum atomic E-state index is -0.534. The Labute approximate surface area is 164 Å². The maximum atomic E-state index is 12.8. The summed E-state index contributed by atoms with van der Waals surface area (Å²) in [5.74, 6) is 0.610. The molecule has 4 rings (SSSR count). The summed E-state index contributed by atoms with van der Waals surface area (Å²) < 4.78 is 5.10. The molecule has 0 aliphatic carbocycles. The van der Waals surface area contributed by atoms with Crippen molar-refractivity contribution in [3.63, 3.8) is 0 Å². The average molecular weight is 379 g/mol. The molecule has 1 amide bonds. The molecule has 146 valence electrons. The van der Waals surface area contributed by atoms with E-state index >= 15 is 0 Å². The van der Waals surface area contributed by atoms with Gasteiger partial charge in [-0.1, -0.05) is 18.2 Å². The van der Waals surface area contributed by atoms with Crippen LogP contribution in [0.25, 0.3) is 10.9 Å². The molecule has 3 aromatic rings. The van der Waals surface area contributed by atoms with Crippen molar-refractivity contribution in [3.8, 4) is 5.88 Å². The number of pyridine rings is 1. The van der Waals surface area contributed by atoms with E-state index in [-0.39, 0.29) is 5.91 Å². The summed E-state index contributed by atoms with van der Waals surface area (Å²) in [6, 6.07) is 11.4. The van der Waals surface area contributed by atoms with Crippen LogP contribution in [-0.2, 0) is 11.2 Å². The molecule has 7 nitrogen and oxygen atoms in total. The molecule has 0 saturated carbocycles. The number of rotatable bonds is 5. The summed E-state index contributed by atoms with van der Waals surface area (Å²) in [6.45, 7) is 2.85. The van der Waals surface area contributed by atoms with E-state index in [2.05, 4.69) is 20.9 Å². The standard InChI is InChI=1S/C21H25N5O2/c1-28-20-7-6-16(14-24-20)25-8-10-26(11-9-25)21(27)18(22)12-15-13-23-19-5-3-2-4-17(15)19/h2-7,13-14,18,23H,8-12,22H2,1H3/t18-/m1/s1. The number of nitrogens with one attached hydrogen (secondary N) is 1. The first-order valence-corrected chi connectivity index (χ1v) is 9.50. The van der Waals surface area contributed by atoms with Crippen LogP contribution in [0.1, 0.15) is 5.56 Å². The van der Waals surface area contributed by atoms with E-state index in [9.17, 15) is 4.79 Å². The van der Waals surface area contributed by atoms with Gasteiger partial charge < -0.3 is 25.3 Å². The largest absolute Gasteiger partial charge is 0.481 e. The second-order valence-electron chi connectivity index (χ2n) is 7.04. The summed E-state index contributed by atoms with van der Waals surface area (Å²) in [5, 5.41) is 1.13. The smallest absolute Gasteiger partial charge is 0.239 e. The van der Waals surface area contributed by atoms with Gasteiger partial charge in [0.05, 0.1) is 25.0 Å². The van der Waals surface area contributed by atoms with Crippen molar-refractivity contribution in [1.29, 1.82) is 0 Å². The first-order valence-electron chi connectivity index (χ1n) is 9.50. The molecule has 0 spiro atoms. The van der Waals surface area contributed by atoms with Crippen LogP contribution >= 0.6 is 0 Å². The SMILES string of the molecule is COc1ccc(N2CCN(C(=O)[C@H](N)Cc3c[nH]c4ccccc34)CC2)cn1. The summed E-state index contributed by atoms with van der Waals surface area (Å²) in [5.41, 5.74) is 9.45. The number of fused-ring (bicyclic) bond motifs is 1. The van der Waals surface area contributed by atoms with Crippen LogP contribution in [0, 0.1) is 0 Å². The van der Waals surface area contributed by atoms with Crippen molar-refractivity contribution < 1.29 is 9.53 Å². The lowest BCUT2D eigenvalue weighted by molar-refractivity contribution is -0.132. The van der Waals surface area contributed by atoms with Crippen molar-refractivity contribution in [3.05, 3.63) is 54.4 Å². The fourth-order valence-electron chi connectivity index (χ4n) is 3.72. The molecule has 0 bridgehead atoms. The molecule has 7 heteroatoms. The molecule has 2 aromatic heterocycles. The number of methoxy groups -OCH3 is 1. The molecule has 1 aromatic carbocycles. The van der Waals surface area contributed by atoms with E-state index in [4.69, 9.17) is 10.5 Å². The highest BCUT2D eigenvalue weighted by atomic mass is 16.5. The zero-order valence-corrected chi connectivity index (χ0v) is 16.0. The summed E-state index contributed by atoms with van der Waals surface area (Å²) in [4.78, 5) is 24.4. The number of aromatic amines is 1. The Balaban J connectivity index is 1.35. The zero-order chi connectivity index (χ0) is 19.5. The second-order valence-corrected chi connectivity index (χ2v) is 7.04. The lowest BCUT2D eigenvalue weighted by Gasteiger charge is -2.37. The van der Waals surface area contributed by atoms with Crippen LogP contribution in [0.3, 0.4) is 0 Å². The minimum Gasteiger partial charge on any atom is -0.481 e. The molecule has 3 heterocycles. The summed E-state index contributed by atoms with van der Waals surface area (Å²) in [7, 11) is 1.60. The molecular formula is C21H25N5O2. The number of amides is 1. The van der Waals surface area contributed by atoms with Crippen LogP contribution < -0.4 is 15.4 Å². The topological polar surface area (TPSA) is 87.5 Å². The van der Waals surface area contributed by atoms with Crippen molar-refractivity contribution in [2.24, 2.45) is 5.73 Å². The summed E-state index contributed by atoms with van der Waals surface area (Å²) >= 11 is 0. The number of carbonyl (C=O) groups excluding carboxylic acids is 1. The molecule has 0 radical (unpaired) electrons. The third kappa shape index (κ3) is 3.66.